The highest BCUT2D eigenvalue weighted by molar-refractivity contribution is 6.07. The molecule has 2 N–H and O–H groups in total. The van der Waals surface area contributed by atoms with E-state index in [1.165, 1.54) is 5.56 Å². The number of hydrogen-bond acceptors (Lipinski definition) is 5. The van der Waals surface area contributed by atoms with Crippen LogP contribution in [0.1, 0.15) is 34.5 Å². The topological polar surface area (TPSA) is 85.2 Å². The number of carbonyl (C=O) groups excluding carboxylic acids is 1. The number of aromatic nitrogens is 2. The molecule has 1 aliphatic heterocycles. The summed E-state index contributed by atoms with van der Waals surface area (Å²) in [6.07, 6.45) is 2.18. The third-order valence-corrected chi connectivity index (χ3v) is 6.39. The first-order valence-electron chi connectivity index (χ1n) is 9.90. The molecular weight excluding hydrogens is 352 g/mol. The van der Waals surface area contributed by atoms with Gasteiger partial charge in [0.05, 0.1) is 22.3 Å². The van der Waals surface area contributed by atoms with Gasteiger partial charge in [-0.3, -0.25) is 4.79 Å². The molecule has 28 heavy (non-hydrogen) atoms. The van der Waals surface area contributed by atoms with Crippen molar-refractivity contribution in [3.8, 4) is 11.3 Å². The average molecular weight is 376 g/mol. The molecule has 5 rings (SSSR count). The summed E-state index contributed by atoms with van der Waals surface area (Å²) in [4.78, 5) is 20.0. The molecule has 1 amide bonds. The molecule has 3 heterocycles. The summed E-state index contributed by atoms with van der Waals surface area (Å²) in [7, 11) is 0. The van der Waals surface area contributed by atoms with Crippen LogP contribution in [-0.4, -0.2) is 40.1 Å². The zero-order chi connectivity index (χ0) is 19.4. The van der Waals surface area contributed by atoms with E-state index in [4.69, 9.17) is 10.3 Å². The fourth-order valence-electron chi connectivity index (χ4n) is 4.78. The Morgan fingerprint density at radius 2 is 1.96 bits per heavy atom. The van der Waals surface area contributed by atoms with Gasteiger partial charge in [-0.15, -0.1) is 0 Å². The summed E-state index contributed by atoms with van der Waals surface area (Å²) >= 11 is 0. The number of pyridine rings is 1. The molecule has 144 valence electrons. The third kappa shape index (κ3) is 2.71. The summed E-state index contributed by atoms with van der Waals surface area (Å²) in [6.45, 7) is 5.42. The van der Waals surface area contributed by atoms with Crippen molar-refractivity contribution in [2.24, 2.45) is 17.6 Å². The van der Waals surface area contributed by atoms with Gasteiger partial charge in [-0.05, 0) is 44.6 Å². The van der Waals surface area contributed by atoms with Crippen LogP contribution in [0, 0.1) is 25.7 Å². The molecule has 0 spiro atoms. The molecule has 2 fully saturated rings. The van der Waals surface area contributed by atoms with E-state index in [0.29, 0.717) is 34.2 Å². The van der Waals surface area contributed by atoms with Gasteiger partial charge < -0.3 is 15.2 Å². The molecular formula is C22H24N4O2. The molecule has 6 heteroatoms. The number of fused-ring (bicyclic) bond motifs is 2. The number of amides is 1. The van der Waals surface area contributed by atoms with Crippen LogP contribution < -0.4 is 5.73 Å². The van der Waals surface area contributed by atoms with E-state index in [2.05, 4.69) is 10.1 Å². The fraction of sp³-hybridized carbons (Fsp3) is 0.409. The molecule has 1 aromatic carbocycles. The number of rotatable bonds is 2. The largest absolute Gasteiger partial charge is 0.338 e. The van der Waals surface area contributed by atoms with Crippen LogP contribution in [0.15, 0.2) is 34.9 Å². The maximum Gasteiger partial charge on any atom is 0.259 e. The lowest BCUT2D eigenvalue weighted by Crippen LogP contribution is -2.33. The first-order valence-corrected chi connectivity index (χ1v) is 9.90. The van der Waals surface area contributed by atoms with Crippen molar-refractivity contribution in [2.45, 2.75) is 32.7 Å². The zero-order valence-corrected chi connectivity index (χ0v) is 16.2. The fourth-order valence-corrected chi connectivity index (χ4v) is 4.78. The first kappa shape index (κ1) is 17.4. The summed E-state index contributed by atoms with van der Waals surface area (Å²) < 4.78 is 5.43. The maximum atomic E-state index is 13.5. The van der Waals surface area contributed by atoms with E-state index in [-0.39, 0.29) is 11.9 Å². The molecule has 2 aliphatic rings. The van der Waals surface area contributed by atoms with E-state index >= 15 is 0 Å². The van der Waals surface area contributed by atoms with Crippen molar-refractivity contribution in [2.75, 3.05) is 13.1 Å². The summed E-state index contributed by atoms with van der Waals surface area (Å²) in [5.74, 6) is 0.964. The highest BCUT2D eigenvalue weighted by atomic mass is 16.5. The lowest BCUT2D eigenvalue weighted by molar-refractivity contribution is 0.0781. The average Bonchev–Trinajstić information content (AvgIpc) is 3.38. The van der Waals surface area contributed by atoms with Gasteiger partial charge in [-0.25, -0.2) is 4.98 Å². The highest BCUT2D eigenvalue weighted by Gasteiger charge is 2.43. The Morgan fingerprint density at radius 3 is 2.71 bits per heavy atom. The normalized spacial score (nSPS) is 24.1. The number of hydrogen-bond donors (Lipinski definition) is 1. The second-order valence-electron chi connectivity index (χ2n) is 8.24. The van der Waals surface area contributed by atoms with Gasteiger partial charge in [0.1, 0.15) is 0 Å². The first-order chi connectivity index (χ1) is 13.5. The number of benzene rings is 1. The second kappa shape index (κ2) is 6.41. The molecule has 3 unspecified atom stereocenters. The SMILES string of the molecule is Cc1ccc(-c2cc(C(=O)N3CC4CCC(N)C4C3)c3c(C)noc3n2)cc1. The third-order valence-electron chi connectivity index (χ3n) is 6.39. The molecule has 6 nitrogen and oxygen atoms in total. The minimum absolute atomic E-state index is 0.0219. The Labute approximate surface area is 163 Å². The summed E-state index contributed by atoms with van der Waals surface area (Å²) in [6, 6.07) is 10.2. The van der Waals surface area contributed by atoms with Crippen molar-refractivity contribution in [3.63, 3.8) is 0 Å². The lowest BCUT2D eigenvalue weighted by Gasteiger charge is -2.19. The highest BCUT2D eigenvalue weighted by Crippen LogP contribution is 2.38. The number of aryl methyl sites for hydroxylation is 2. The maximum absolute atomic E-state index is 13.5. The van der Waals surface area contributed by atoms with Crippen LogP contribution in [0.25, 0.3) is 22.4 Å². The van der Waals surface area contributed by atoms with Gasteiger partial charge >= 0.3 is 0 Å². The molecule has 0 bridgehead atoms. The van der Waals surface area contributed by atoms with Crippen molar-refractivity contribution in [1.82, 2.24) is 15.0 Å². The van der Waals surface area contributed by atoms with Crippen LogP contribution in [0.3, 0.4) is 0 Å². The van der Waals surface area contributed by atoms with Crippen molar-refractivity contribution in [1.29, 1.82) is 0 Å². The molecule has 0 radical (unpaired) electrons. The lowest BCUT2D eigenvalue weighted by atomic mass is 9.98. The second-order valence-corrected chi connectivity index (χ2v) is 8.24. The van der Waals surface area contributed by atoms with E-state index in [0.717, 1.165) is 37.2 Å². The van der Waals surface area contributed by atoms with Crippen LogP contribution in [0.4, 0.5) is 0 Å². The quantitative estimate of drug-likeness (QED) is 0.742. The van der Waals surface area contributed by atoms with Crippen LogP contribution in [0.2, 0.25) is 0 Å². The van der Waals surface area contributed by atoms with E-state index in [1.54, 1.807) is 0 Å². The van der Waals surface area contributed by atoms with Crippen molar-refractivity contribution in [3.05, 3.63) is 47.2 Å². The minimum atomic E-state index is 0.0219. The van der Waals surface area contributed by atoms with Crippen molar-refractivity contribution < 1.29 is 9.32 Å². The van der Waals surface area contributed by atoms with Crippen molar-refractivity contribution >= 4 is 17.0 Å². The number of carbonyl (C=O) groups is 1. The molecule has 1 aliphatic carbocycles. The summed E-state index contributed by atoms with van der Waals surface area (Å²) in [5, 5.41) is 4.77. The van der Waals surface area contributed by atoms with Gasteiger partial charge in [-0.2, -0.15) is 0 Å². The standard InChI is InChI=1S/C22H24N4O2/c1-12-3-5-14(6-4-12)19-9-16(20-13(2)25-28-21(20)24-19)22(27)26-10-15-7-8-18(23)17(15)11-26/h3-6,9,15,17-18H,7-8,10-11,23H2,1-2H3. The minimum Gasteiger partial charge on any atom is -0.338 e. The van der Waals surface area contributed by atoms with E-state index < -0.39 is 0 Å². The van der Waals surface area contributed by atoms with Gasteiger partial charge in [0, 0.05) is 24.7 Å². The van der Waals surface area contributed by atoms with E-state index in [1.807, 2.05) is 49.1 Å². The Hall–Kier alpha value is -2.73. The van der Waals surface area contributed by atoms with Gasteiger partial charge in [0.15, 0.2) is 0 Å². The van der Waals surface area contributed by atoms with Crippen LogP contribution in [0.5, 0.6) is 0 Å². The Balaban J connectivity index is 1.57. The van der Waals surface area contributed by atoms with Gasteiger partial charge in [0.25, 0.3) is 11.6 Å². The van der Waals surface area contributed by atoms with Crippen LogP contribution in [-0.2, 0) is 0 Å². The Kier molecular flexibility index (Phi) is 3.98. The Bertz CT molecular complexity index is 1060. The predicted octanol–water partition coefficient (Wildman–Crippen LogP) is 3.32. The monoisotopic (exact) mass is 376 g/mol. The zero-order valence-electron chi connectivity index (χ0n) is 16.2. The predicted molar refractivity (Wildman–Crippen MR) is 107 cm³/mol. The smallest absolute Gasteiger partial charge is 0.259 e. The molecule has 3 aromatic rings. The molecule has 1 saturated heterocycles. The number of likely N-dealkylation sites (tertiary alicyclic amines) is 1. The molecule has 2 aromatic heterocycles. The van der Waals surface area contributed by atoms with Gasteiger partial charge in [-0.1, -0.05) is 35.0 Å². The molecule has 3 atom stereocenters. The molecule has 1 saturated carbocycles. The summed E-state index contributed by atoms with van der Waals surface area (Å²) in [5.41, 5.74) is 10.8. The van der Waals surface area contributed by atoms with Crippen LogP contribution >= 0.6 is 0 Å². The Morgan fingerprint density at radius 1 is 1.18 bits per heavy atom. The van der Waals surface area contributed by atoms with Gasteiger partial charge in [0.2, 0.25) is 0 Å². The number of nitrogens with two attached hydrogens (primary N) is 1. The van der Waals surface area contributed by atoms with E-state index in [9.17, 15) is 4.79 Å². The number of nitrogens with zero attached hydrogens (tertiary/aromatic N) is 3.